The van der Waals surface area contributed by atoms with Crippen molar-refractivity contribution in [2.24, 2.45) is 11.1 Å². The normalized spacial score (nSPS) is 16.2. The number of sulfonamides is 1. The fraction of sp³-hybridized carbons (Fsp3) is 0.467. The largest absolute Gasteiger partial charge is 0.454 e. The van der Waals surface area contributed by atoms with Crippen LogP contribution in [0.15, 0.2) is 29.2 Å². The molecule has 2 N–H and O–H groups in total. The van der Waals surface area contributed by atoms with Gasteiger partial charge in [-0.1, -0.05) is 19.3 Å². The van der Waals surface area contributed by atoms with Gasteiger partial charge in [0.25, 0.3) is 0 Å². The highest BCUT2D eigenvalue weighted by Crippen LogP contribution is 2.24. The maximum Gasteiger partial charge on any atom is 0.338 e. The number of carbonyl (C=O) groups is 2. The number of carbonyl (C=O) groups excluding carboxylic acids is 2. The first-order valence-corrected chi connectivity index (χ1v) is 8.75. The molecule has 0 aromatic heterocycles. The average Bonchev–Trinajstić information content (AvgIpc) is 2.52. The van der Waals surface area contributed by atoms with Crippen molar-refractivity contribution >= 4 is 21.8 Å². The van der Waals surface area contributed by atoms with Crippen molar-refractivity contribution in [1.82, 2.24) is 0 Å². The fourth-order valence-electron chi connectivity index (χ4n) is 2.54. The molecule has 6 nitrogen and oxygen atoms in total. The van der Waals surface area contributed by atoms with Crippen molar-refractivity contribution in [2.75, 3.05) is 6.61 Å². The summed E-state index contributed by atoms with van der Waals surface area (Å²) in [5.41, 5.74) is 0.184. The average molecular weight is 325 g/mol. The fourth-order valence-corrected chi connectivity index (χ4v) is 3.06. The Morgan fingerprint density at radius 3 is 2.23 bits per heavy atom. The molecule has 1 aromatic rings. The number of rotatable bonds is 5. The number of primary sulfonamides is 1. The van der Waals surface area contributed by atoms with Gasteiger partial charge in [0.1, 0.15) is 0 Å². The van der Waals surface area contributed by atoms with Gasteiger partial charge >= 0.3 is 5.97 Å². The Balaban J connectivity index is 1.90. The first-order valence-electron chi connectivity index (χ1n) is 7.20. The molecule has 0 aliphatic heterocycles. The molecule has 1 aromatic carbocycles. The summed E-state index contributed by atoms with van der Waals surface area (Å²) in [5.74, 6) is -0.703. The summed E-state index contributed by atoms with van der Waals surface area (Å²) >= 11 is 0. The topological polar surface area (TPSA) is 104 Å². The van der Waals surface area contributed by atoms with Gasteiger partial charge in [0.2, 0.25) is 10.0 Å². The molecular formula is C15H19NO5S. The van der Waals surface area contributed by atoms with Crippen LogP contribution in [0.3, 0.4) is 0 Å². The summed E-state index contributed by atoms with van der Waals surface area (Å²) in [5, 5.41) is 4.98. The number of hydrogen-bond acceptors (Lipinski definition) is 5. The minimum absolute atomic E-state index is 0.00805. The minimum Gasteiger partial charge on any atom is -0.454 e. The predicted molar refractivity (Wildman–Crippen MR) is 79.7 cm³/mol. The van der Waals surface area contributed by atoms with Crippen molar-refractivity contribution < 1.29 is 22.7 Å². The Bertz CT molecular complexity index is 645. The molecule has 0 atom stereocenters. The van der Waals surface area contributed by atoms with Crippen LogP contribution in [0.2, 0.25) is 0 Å². The summed E-state index contributed by atoms with van der Waals surface area (Å²) in [6.45, 7) is -0.236. The molecule has 0 radical (unpaired) electrons. The van der Waals surface area contributed by atoms with E-state index in [1.165, 1.54) is 24.3 Å². The summed E-state index contributed by atoms with van der Waals surface area (Å²) in [7, 11) is -3.79. The van der Waals surface area contributed by atoms with Crippen molar-refractivity contribution in [1.29, 1.82) is 0 Å². The highest BCUT2D eigenvalue weighted by Gasteiger charge is 2.22. The van der Waals surface area contributed by atoms with Gasteiger partial charge in [0.05, 0.1) is 10.5 Å². The zero-order valence-electron chi connectivity index (χ0n) is 12.2. The van der Waals surface area contributed by atoms with Gasteiger partial charge in [-0.3, -0.25) is 4.79 Å². The molecular weight excluding hydrogens is 306 g/mol. The van der Waals surface area contributed by atoms with E-state index in [9.17, 15) is 18.0 Å². The van der Waals surface area contributed by atoms with E-state index in [2.05, 4.69) is 0 Å². The molecule has 1 aliphatic carbocycles. The quantitative estimate of drug-likeness (QED) is 0.829. The Morgan fingerprint density at radius 2 is 1.68 bits per heavy atom. The van der Waals surface area contributed by atoms with Gasteiger partial charge in [0.15, 0.2) is 12.4 Å². The molecule has 22 heavy (non-hydrogen) atoms. The second-order valence-corrected chi connectivity index (χ2v) is 7.01. The number of esters is 1. The molecule has 1 aliphatic rings. The second kappa shape index (κ2) is 7.02. The zero-order chi connectivity index (χ0) is 16.2. The van der Waals surface area contributed by atoms with Crippen molar-refractivity contribution in [3.63, 3.8) is 0 Å². The number of hydrogen-bond donors (Lipinski definition) is 1. The molecule has 0 saturated heterocycles. The van der Waals surface area contributed by atoms with E-state index in [1.807, 2.05) is 0 Å². The molecule has 0 unspecified atom stereocenters. The minimum atomic E-state index is -3.79. The van der Waals surface area contributed by atoms with Crippen molar-refractivity contribution in [3.05, 3.63) is 29.8 Å². The first-order chi connectivity index (χ1) is 10.4. The Hall–Kier alpha value is -1.73. The number of Topliss-reactive ketones (excluding diaryl/α,β-unsaturated/α-hetero) is 1. The van der Waals surface area contributed by atoms with Crippen LogP contribution in [-0.2, 0) is 19.6 Å². The van der Waals surface area contributed by atoms with Crippen LogP contribution in [0.4, 0.5) is 0 Å². The van der Waals surface area contributed by atoms with E-state index in [0.29, 0.717) is 0 Å². The summed E-state index contributed by atoms with van der Waals surface area (Å²) < 4.78 is 27.2. The third-order valence-corrected chi connectivity index (χ3v) is 4.75. The highest BCUT2D eigenvalue weighted by molar-refractivity contribution is 7.89. The number of ether oxygens (including phenoxy) is 1. The van der Waals surface area contributed by atoms with Gasteiger partial charge in [0, 0.05) is 5.92 Å². The maximum atomic E-state index is 11.9. The molecule has 2 rings (SSSR count). The van der Waals surface area contributed by atoms with Gasteiger partial charge in [-0.05, 0) is 37.1 Å². The van der Waals surface area contributed by atoms with E-state index in [0.717, 1.165) is 32.1 Å². The molecule has 1 fully saturated rings. The lowest BCUT2D eigenvalue weighted by Gasteiger charge is -2.19. The number of ketones is 1. The standard InChI is InChI=1S/C15H19NO5S/c16-22(19,20)13-8-6-12(7-9-13)15(18)21-10-14(17)11-4-2-1-3-5-11/h6-9,11H,1-5,10H2,(H2,16,19,20). The number of nitrogens with two attached hydrogens (primary N) is 1. The zero-order valence-corrected chi connectivity index (χ0v) is 13.0. The summed E-state index contributed by atoms with van der Waals surface area (Å²) in [4.78, 5) is 23.7. The smallest absolute Gasteiger partial charge is 0.338 e. The number of benzene rings is 1. The Morgan fingerprint density at radius 1 is 1.09 bits per heavy atom. The van der Waals surface area contributed by atoms with Crippen LogP contribution in [0.25, 0.3) is 0 Å². The molecule has 1 saturated carbocycles. The van der Waals surface area contributed by atoms with E-state index in [1.54, 1.807) is 0 Å². The van der Waals surface area contributed by atoms with E-state index in [-0.39, 0.29) is 28.8 Å². The lowest BCUT2D eigenvalue weighted by atomic mass is 9.86. The van der Waals surface area contributed by atoms with E-state index >= 15 is 0 Å². The summed E-state index contributed by atoms with van der Waals surface area (Å²) in [6.07, 6.45) is 4.96. The lowest BCUT2D eigenvalue weighted by molar-refractivity contribution is -0.126. The third-order valence-electron chi connectivity index (χ3n) is 3.82. The van der Waals surface area contributed by atoms with Crippen molar-refractivity contribution in [2.45, 2.75) is 37.0 Å². The van der Waals surface area contributed by atoms with Crippen LogP contribution in [0, 0.1) is 5.92 Å². The molecule has 7 heteroatoms. The van der Waals surface area contributed by atoms with E-state index < -0.39 is 16.0 Å². The van der Waals surface area contributed by atoms with Gasteiger partial charge in [-0.25, -0.2) is 18.4 Å². The van der Waals surface area contributed by atoms with Crippen LogP contribution < -0.4 is 5.14 Å². The van der Waals surface area contributed by atoms with Crippen LogP contribution >= 0.6 is 0 Å². The maximum absolute atomic E-state index is 11.9. The summed E-state index contributed by atoms with van der Waals surface area (Å²) in [6, 6.07) is 5.09. The first kappa shape index (κ1) is 16.6. The lowest BCUT2D eigenvalue weighted by Crippen LogP contribution is -2.24. The van der Waals surface area contributed by atoms with Crippen LogP contribution in [0.1, 0.15) is 42.5 Å². The third kappa shape index (κ3) is 4.38. The van der Waals surface area contributed by atoms with Crippen LogP contribution in [-0.4, -0.2) is 26.8 Å². The molecule has 0 bridgehead atoms. The van der Waals surface area contributed by atoms with Gasteiger partial charge in [-0.2, -0.15) is 0 Å². The predicted octanol–water partition coefficient (Wildman–Crippen LogP) is 1.64. The highest BCUT2D eigenvalue weighted by atomic mass is 32.2. The van der Waals surface area contributed by atoms with E-state index in [4.69, 9.17) is 9.88 Å². The second-order valence-electron chi connectivity index (χ2n) is 5.45. The van der Waals surface area contributed by atoms with Gasteiger partial charge in [-0.15, -0.1) is 0 Å². The van der Waals surface area contributed by atoms with Crippen LogP contribution in [0.5, 0.6) is 0 Å². The molecule has 120 valence electrons. The Kier molecular flexibility index (Phi) is 5.31. The molecule has 0 spiro atoms. The van der Waals surface area contributed by atoms with Crippen molar-refractivity contribution in [3.8, 4) is 0 Å². The molecule has 0 heterocycles. The SMILES string of the molecule is NS(=O)(=O)c1ccc(C(=O)OCC(=O)C2CCCCC2)cc1. The van der Waals surface area contributed by atoms with Gasteiger partial charge < -0.3 is 4.74 Å². The monoisotopic (exact) mass is 325 g/mol. The Labute approximate surface area is 129 Å². The molecule has 0 amide bonds.